The zero-order valence-electron chi connectivity index (χ0n) is 8.79. The summed E-state index contributed by atoms with van der Waals surface area (Å²) in [5, 5.41) is 9.25. The number of hydrogen-bond donors (Lipinski definition) is 1. The number of halogens is 1. The Kier molecular flexibility index (Phi) is 3.47. The molecule has 1 rings (SSSR count). The molecule has 1 unspecified atom stereocenters. The van der Waals surface area contributed by atoms with Crippen molar-refractivity contribution in [3.8, 4) is 0 Å². The molecule has 0 aliphatic carbocycles. The first kappa shape index (κ1) is 11.0. The van der Waals surface area contributed by atoms with Gasteiger partial charge in [-0.1, -0.05) is 6.07 Å². The molecule has 0 saturated carbocycles. The van der Waals surface area contributed by atoms with Gasteiger partial charge in [0.2, 0.25) is 0 Å². The fraction of sp³-hybridized carbons (Fsp3) is 0.455. The number of nitrogens with zero attached hydrogens (tertiary/aromatic N) is 1. The number of benzene rings is 1. The lowest BCUT2D eigenvalue weighted by molar-refractivity contribution is 0.199. The molecule has 0 aliphatic heterocycles. The Bertz CT molecular complexity index is 312. The van der Waals surface area contributed by atoms with Gasteiger partial charge in [0.1, 0.15) is 5.82 Å². The molecule has 1 N–H and O–H groups in total. The summed E-state index contributed by atoms with van der Waals surface area (Å²) in [7, 11) is 1.83. The van der Waals surface area contributed by atoms with Gasteiger partial charge in [0, 0.05) is 13.6 Å². The number of anilines is 1. The molecule has 0 radical (unpaired) electrons. The van der Waals surface area contributed by atoms with E-state index < -0.39 is 6.10 Å². The largest absolute Gasteiger partial charge is 0.389 e. The molecule has 1 aromatic carbocycles. The first-order valence-corrected chi connectivity index (χ1v) is 4.75. The van der Waals surface area contributed by atoms with Gasteiger partial charge in [0.05, 0.1) is 11.8 Å². The van der Waals surface area contributed by atoms with Crippen molar-refractivity contribution in [1.82, 2.24) is 0 Å². The van der Waals surface area contributed by atoms with E-state index in [1.807, 2.05) is 18.9 Å². The van der Waals surface area contributed by atoms with Crippen molar-refractivity contribution in [2.45, 2.75) is 20.0 Å². The quantitative estimate of drug-likeness (QED) is 0.804. The Morgan fingerprint density at radius 3 is 2.57 bits per heavy atom. The molecule has 3 heteroatoms. The van der Waals surface area contributed by atoms with Crippen LogP contribution in [0.4, 0.5) is 10.1 Å². The van der Waals surface area contributed by atoms with Crippen molar-refractivity contribution in [3.63, 3.8) is 0 Å². The molecule has 0 heterocycles. The van der Waals surface area contributed by atoms with Crippen molar-refractivity contribution in [3.05, 3.63) is 29.6 Å². The summed E-state index contributed by atoms with van der Waals surface area (Å²) < 4.78 is 13.5. The normalized spacial score (nSPS) is 12.6. The van der Waals surface area contributed by atoms with Gasteiger partial charge in [-0.3, -0.25) is 0 Å². The van der Waals surface area contributed by atoms with Crippen LogP contribution < -0.4 is 4.90 Å². The third-order valence-electron chi connectivity index (χ3n) is 2.34. The fourth-order valence-corrected chi connectivity index (χ4v) is 1.26. The predicted molar refractivity (Wildman–Crippen MR) is 56.0 cm³/mol. The molecular formula is C11H16FNO. The van der Waals surface area contributed by atoms with Crippen molar-refractivity contribution < 1.29 is 9.50 Å². The lowest BCUT2D eigenvalue weighted by Crippen LogP contribution is -2.17. The molecule has 14 heavy (non-hydrogen) atoms. The smallest absolute Gasteiger partial charge is 0.146 e. The van der Waals surface area contributed by atoms with E-state index in [0.29, 0.717) is 11.3 Å². The molecule has 0 amide bonds. The van der Waals surface area contributed by atoms with Crippen LogP contribution in [-0.2, 0) is 0 Å². The highest BCUT2D eigenvalue weighted by Crippen LogP contribution is 2.22. The van der Waals surface area contributed by atoms with E-state index in [-0.39, 0.29) is 5.82 Å². The van der Waals surface area contributed by atoms with E-state index in [2.05, 4.69) is 0 Å². The molecule has 1 aromatic rings. The summed E-state index contributed by atoms with van der Waals surface area (Å²) in [5.41, 5.74) is 1.17. The molecule has 2 nitrogen and oxygen atoms in total. The lowest BCUT2D eigenvalue weighted by Gasteiger charge is -2.18. The summed E-state index contributed by atoms with van der Waals surface area (Å²) in [6.45, 7) is 4.34. The third-order valence-corrected chi connectivity index (χ3v) is 2.34. The molecule has 0 aromatic heterocycles. The van der Waals surface area contributed by atoms with Crippen LogP contribution in [0.3, 0.4) is 0 Å². The fourth-order valence-electron chi connectivity index (χ4n) is 1.26. The van der Waals surface area contributed by atoms with E-state index >= 15 is 0 Å². The van der Waals surface area contributed by atoms with Gasteiger partial charge in [-0.2, -0.15) is 0 Å². The minimum atomic E-state index is -0.620. The van der Waals surface area contributed by atoms with Crippen molar-refractivity contribution >= 4 is 5.69 Å². The van der Waals surface area contributed by atoms with E-state index in [0.717, 1.165) is 6.54 Å². The van der Waals surface area contributed by atoms with Crippen LogP contribution in [-0.4, -0.2) is 18.7 Å². The van der Waals surface area contributed by atoms with Crippen LogP contribution in [0.2, 0.25) is 0 Å². The number of aliphatic hydroxyl groups excluding tert-OH is 1. The Morgan fingerprint density at radius 1 is 1.50 bits per heavy atom. The first-order chi connectivity index (χ1) is 6.56. The first-order valence-electron chi connectivity index (χ1n) is 4.75. The van der Waals surface area contributed by atoms with Crippen LogP contribution in [0.1, 0.15) is 25.5 Å². The predicted octanol–water partition coefficient (Wildman–Crippen LogP) is 2.34. The van der Waals surface area contributed by atoms with Gasteiger partial charge in [-0.15, -0.1) is 0 Å². The van der Waals surface area contributed by atoms with Gasteiger partial charge in [-0.25, -0.2) is 4.39 Å². The summed E-state index contributed by atoms with van der Waals surface area (Å²) in [6.07, 6.45) is -0.620. The minimum absolute atomic E-state index is 0.284. The molecule has 78 valence electrons. The molecule has 0 spiro atoms. The van der Waals surface area contributed by atoms with Gasteiger partial charge in [0.25, 0.3) is 0 Å². The zero-order valence-corrected chi connectivity index (χ0v) is 8.79. The van der Waals surface area contributed by atoms with Gasteiger partial charge in [-0.05, 0) is 31.5 Å². The van der Waals surface area contributed by atoms with Crippen LogP contribution in [0.5, 0.6) is 0 Å². The van der Waals surface area contributed by atoms with E-state index in [9.17, 15) is 9.50 Å². The standard InChI is InChI=1S/C11H16FNO/c1-4-13(3)11-6-5-9(8(2)14)7-10(11)12/h5-8,14H,4H2,1-3H3. The molecular weight excluding hydrogens is 181 g/mol. The van der Waals surface area contributed by atoms with Gasteiger partial charge < -0.3 is 10.0 Å². The highest BCUT2D eigenvalue weighted by Gasteiger charge is 2.08. The number of rotatable bonds is 3. The Labute approximate surface area is 84.0 Å². The summed E-state index contributed by atoms with van der Waals surface area (Å²) >= 11 is 0. The second-order valence-electron chi connectivity index (χ2n) is 3.40. The maximum atomic E-state index is 13.5. The highest BCUT2D eigenvalue weighted by atomic mass is 19.1. The summed E-state index contributed by atoms with van der Waals surface area (Å²) in [4.78, 5) is 1.82. The Morgan fingerprint density at radius 2 is 2.14 bits per heavy atom. The Balaban J connectivity index is 3.01. The average molecular weight is 197 g/mol. The van der Waals surface area contributed by atoms with Crippen LogP contribution in [0, 0.1) is 5.82 Å². The van der Waals surface area contributed by atoms with E-state index in [1.54, 1.807) is 19.1 Å². The van der Waals surface area contributed by atoms with Crippen LogP contribution in [0.25, 0.3) is 0 Å². The zero-order chi connectivity index (χ0) is 10.7. The summed E-state index contributed by atoms with van der Waals surface area (Å²) in [6, 6.07) is 4.82. The SMILES string of the molecule is CCN(C)c1ccc(C(C)O)cc1F. The summed E-state index contributed by atoms with van der Waals surface area (Å²) in [5.74, 6) is -0.284. The molecule has 0 saturated heterocycles. The minimum Gasteiger partial charge on any atom is -0.389 e. The third kappa shape index (κ3) is 2.23. The van der Waals surface area contributed by atoms with E-state index in [1.165, 1.54) is 6.07 Å². The van der Waals surface area contributed by atoms with E-state index in [4.69, 9.17) is 0 Å². The van der Waals surface area contributed by atoms with Crippen LogP contribution >= 0.6 is 0 Å². The molecule has 0 bridgehead atoms. The maximum absolute atomic E-state index is 13.5. The Hall–Kier alpha value is -1.09. The second kappa shape index (κ2) is 4.42. The second-order valence-corrected chi connectivity index (χ2v) is 3.40. The van der Waals surface area contributed by atoms with Gasteiger partial charge >= 0.3 is 0 Å². The van der Waals surface area contributed by atoms with Crippen molar-refractivity contribution in [1.29, 1.82) is 0 Å². The maximum Gasteiger partial charge on any atom is 0.146 e. The number of hydrogen-bond acceptors (Lipinski definition) is 2. The molecule has 1 atom stereocenters. The molecule has 0 fully saturated rings. The lowest BCUT2D eigenvalue weighted by atomic mass is 10.1. The monoisotopic (exact) mass is 197 g/mol. The number of aliphatic hydroxyl groups is 1. The van der Waals surface area contributed by atoms with Crippen molar-refractivity contribution in [2.75, 3.05) is 18.5 Å². The van der Waals surface area contributed by atoms with Gasteiger partial charge in [0.15, 0.2) is 0 Å². The van der Waals surface area contributed by atoms with Crippen molar-refractivity contribution in [2.24, 2.45) is 0 Å². The topological polar surface area (TPSA) is 23.5 Å². The van der Waals surface area contributed by atoms with Crippen LogP contribution in [0.15, 0.2) is 18.2 Å². The average Bonchev–Trinajstić information content (AvgIpc) is 2.16. The highest BCUT2D eigenvalue weighted by molar-refractivity contribution is 5.48. The molecule has 0 aliphatic rings.